The van der Waals surface area contributed by atoms with E-state index in [1.54, 1.807) is 6.08 Å². The standard InChI is InChI=1S/C17H13ClF3NO4/c18-13-8-11(17(19,20)21)9-22-16(13)26-12-5-6-14(23)10(7-12)3-1-2-4-15(24)25/h1,3,5-9,23H,2,4H2,(H,24,25). The van der Waals surface area contributed by atoms with E-state index in [4.69, 9.17) is 21.4 Å². The van der Waals surface area contributed by atoms with Crippen LogP contribution in [0.3, 0.4) is 0 Å². The van der Waals surface area contributed by atoms with Gasteiger partial charge in [0.15, 0.2) is 0 Å². The summed E-state index contributed by atoms with van der Waals surface area (Å²) < 4.78 is 43.2. The fraction of sp³-hybridized carbons (Fsp3) is 0.176. The van der Waals surface area contributed by atoms with Crippen LogP contribution in [0.4, 0.5) is 13.2 Å². The highest BCUT2D eigenvalue weighted by Crippen LogP contribution is 2.35. The van der Waals surface area contributed by atoms with Crippen LogP contribution in [0.1, 0.15) is 24.0 Å². The van der Waals surface area contributed by atoms with Crippen LogP contribution in [-0.4, -0.2) is 21.2 Å². The summed E-state index contributed by atoms with van der Waals surface area (Å²) >= 11 is 5.78. The van der Waals surface area contributed by atoms with Gasteiger partial charge in [-0.05, 0) is 30.7 Å². The van der Waals surface area contributed by atoms with Gasteiger partial charge in [-0.1, -0.05) is 23.8 Å². The quantitative estimate of drug-likeness (QED) is 0.718. The molecule has 0 radical (unpaired) electrons. The number of ether oxygens (including phenoxy) is 1. The Morgan fingerprint density at radius 3 is 2.65 bits per heavy atom. The second-order valence-corrected chi connectivity index (χ2v) is 5.57. The monoisotopic (exact) mass is 387 g/mol. The van der Waals surface area contributed by atoms with Gasteiger partial charge in [-0.3, -0.25) is 4.79 Å². The minimum atomic E-state index is -4.57. The lowest BCUT2D eigenvalue weighted by Crippen LogP contribution is -2.05. The van der Waals surface area contributed by atoms with Crippen molar-refractivity contribution >= 4 is 23.6 Å². The predicted molar refractivity (Wildman–Crippen MR) is 88.3 cm³/mol. The number of aliphatic carboxylic acids is 1. The minimum Gasteiger partial charge on any atom is -0.507 e. The third kappa shape index (κ3) is 5.38. The number of phenols is 1. The lowest BCUT2D eigenvalue weighted by molar-refractivity contribution is -0.138. The van der Waals surface area contributed by atoms with Gasteiger partial charge in [0.05, 0.1) is 5.56 Å². The fourth-order valence-corrected chi connectivity index (χ4v) is 2.12. The van der Waals surface area contributed by atoms with Gasteiger partial charge < -0.3 is 14.9 Å². The second kappa shape index (κ2) is 8.09. The van der Waals surface area contributed by atoms with Crippen molar-refractivity contribution in [1.82, 2.24) is 4.98 Å². The number of halogens is 4. The number of hydrogen-bond acceptors (Lipinski definition) is 4. The van der Waals surface area contributed by atoms with Crippen LogP contribution in [0.15, 0.2) is 36.5 Å². The number of rotatable bonds is 6. The first kappa shape index (κ1) is 19.6. The van der Waals surface area contributed by atoms with Crippen LogP contribution in [0.2, 0.25) is 5.02 Å². The molecule has 138 valence electrons. The number of benzene rings is 1. The summed E-state index contributed by atoms with van der Waals surface area (Å²) in [6, 6.07) is 4.84. The van der Waals surface area contributed by atoms with E-state index in [1.807, 2.05) is 0 Å². The number of carbonyl (C=O) groups is 1. The van der Waals surface area contributed by atoms with Crippen LogP contribution in [0, 0.1) is 0 Å². The Morgan fingerprint density at radius 1 is 1.31 bits per heavy atom. The van der Waals surface area contributed by atoms with Crippen molar-refractivity contribution in [2.45, 2.75) is 19.0 Å². The Labute approximate surface area is 151 Å². The minimum absolute atomic E-state index is 0.0570. The lowest BCUT2D eigenvalue weighted by Gasteiger charge is -2.11. The van der Waals surface area contributed by atoms with E-state index in [0.717, 1.165) is 0 Å². The highest BCUT2D eigenvalue weighted by atomic mass is 35.5. The van der Waals surface area contributed by atoms with Crippen molar-refractivity contribution in [1.29, 1.82) is 0 Å². The molecule has 2 rings (SSSR count). The Bertz CT molecular complexity index is 837. The molecule has 0 bridgehead atoms. The summed E-state index contributed by atoms with van der Waals surface area (Å²) in [4.78, 5) is 14.0. The number of carboxylic acid groups (broad SMARTS) is 1. The SMILES string of the molecule is O=C(O)CCC=Cc1cc(Oc2ncc(C(F)(F)F)cc2Cl)ccc1O. The van der Waals surface area contributed by atoms with Gasteiger partial charge in [-0.25, -0.2) is 4.98 Å². The average Bonchev–Trinajstić information content (AvgIpc) is 2.55. The summed E-state index contributed by atoms with van der Waals surface area (Å²) in [5.41, 5.74) is -0.654. The summed E-state index contributed by atoms with van der Waals surface area (Å²) in [5, 5.41) is 18.1. The van der Waals surface area contributed by atoms with E-state index >= 15 is 0 Å². The highest BCUT2D eigenvalue weighted by molar-refractivity contribution is 6.31. The molecule has 0 aliphatic heterocycles. The Kier molecular flexibility index (Phi) is 6.10. The van der Waals surface area contributed by atoms with E-state index < -0.39 is 17.7 Å². The molecule has 26 heavy (non-hydrogen) atoms. The molecule has 5 nitrogen and oxygen atoms in total. The number of allylic oxidation sites excluding steroid dienone is 1. The molecule has 0 aliphatic rings. The average molecular weight is 388 g/mol. The van der Waals surface area contributed by atoms with Crippen molar-refractivity contribution in [2.24, 2.45) is 0 Å². The number of hydrogen-bond donors (Lipinski definition) is 2. The highest BCUT2D eigenvalue weighted by Gasteiger charge is 2.31. The first-order valence-electron chi connectivity index (χ1n) is 7.29. The van der Waals surface area contributed by atoms with Gasteiger partial charge in [0.1, 0.15) is 16.5 Å². The number of phenolic OH excluding ortho intramolecular Hbond substituents is 1. The molecule has 0 atom stereocenters. The maximum absolute atomic E-state index is 12.6. The molecule has 1 heterocycles. The Morgan fingerprint density at radius 2 is 2.04 bits per heavy atom. The van der Waals surface area contributed by atoms with Crippen LogP contribution in [0.5, 0.6) is 17.4 Å². The molecular weight excluding hydrogens is 375 g/mol. The summed E-state index contributed by atoms with van der Waals surface area (Å²) in [5.74, 6) is -1.05. The van der Waals surface area contributed by atoms with Crippen molar-refractivity contribution in [2.75, 3.05) is 0 Å². The third-order valence-corrected chi connectivity index (χ3v) is 3.44. The van der Waals surface area contributed by atoms with E-state index in [0.29, 0.717) is 17.8 Å². The smallest absolute Gasteiger partial charge is 0.417 e. The molecular formula is C17H13ClF3NO4. The normalized spacial score (nSPS) is 11.7. The molecule has 0 spiro atoms. The van der Waals surface area contributed by atoms with Gasteiger partial charge in [0, 0.05) is 18.2 Å². The topological polar surface area (TPSA) is 79.7 Å². The van der Waals surface area contributed by atoms with Gasteiger partial charge in [-0.2, -0.15) is 13.2 Å². The number of carboxylic acids is 1. The molecule has 0 unspecified atom stereocenters. The Hall–Kier alpha value is -2.74. The number of aromatic hydroxyl groups is 1. The molecule has 0 saturated heterocycles. The van der Waals surface area contributed by atoms with Crippen LogP contribution >= 0.6 is 11.6 Å². The third-order valence-electron chi connectivity index (χ3n) is 3.17. The summed E-state index contributed by atoms with van der Waals surface area (Å²) in [6.07, 6.45) is -0.677. The van der Waals surface area contributed by atoms with Crippen LogP contribution in [0.25, 0.3) is 6.08 Å². The van der Waals surface area contributed by atoms with E-state index in [1.165, 1.54) is 24.3 Å². The Balaban J connectivity index is 2.17. The number of aromatic nitrogens is 1. The van der Waals surface area contributed by atoms with Gasteiger partial charge in [0.25, 0.3) is 0 Å². The van der Waals surface area contributed by atoms with E-state index in [2.05, 4.69) is 4.98 Å². The molecule has 1 aromatic carbocycles. The van der Waals surface area contributed by atoms with E-state index in [9.17, 15) is 23.1 Å². The van der Waals surface area contributed by atoms with Crippen molar-refractivity contribution in [3.8, 4) is 17.4 Å². The molecule has 0 fully saturated rings. The molecule has 0 aliphatic carbocycles. The zero-order chi connectivity index (χ0) is 19.3. The molecule has 2 aromatic rings. The van der Waals surface area contributed by atoms with Gasteiger partial charge in [0.2, 0.25) is 5.88 Å². The first-order valence-corrected chi connectivity index (χ1v) is 7.66. The van der Waals surface area contributed by atoms with Crippen LogP contribution in [-0.2, 0) is 11.0 Å². The zero-order valence-corrected chi connectivity index (χ0v) is 13.9. The fourth-order valence-electron chi connectivity index (χ4n) is 1.91. The number of alkyl halides is 3. The molecule has 1 aromatic heterocycles. The largest absolute Gasteiger partial charge is 0.507 e. The molecule has 9 heteroatoms. The summed E-state index contributed by atoms with van der Waals surface area (Å²) in [6.45, 7) is 0. The maximum Gasteiger partial charge on any atom is 0.417 e. The van der Waals surface area contributed by atoms with Crippen molar-refractivity contribution < 1.29 is 32.9 Å². The van der Waals surface area contributed by atoms with Crippen molar-refractivity contribution in [3.05, 3.63) is 52.7 Å². The summed E-state index contributed by atoms with van der Waals surface area (Å²) in [7, 11) is 0. The lowest BCUT2D eigenvalue weighted by atomic mass is 10.1. The molecule has 0 amide bonds. The van der Waals surface area contributed by atoms with Crippen LogP contribution < -0.4 is 4.74 Å². The van der Waals surface area contributed by atoms with Gasteiger partial charge in [-0.15, -0.1) is 0 Å². The zero-order valence-electron chi connectivity index (χ0n) is 13.1. The molecule has 2 N–H and O–H groups in total. The van der Waals surface area contributed by atoms with Gasteiger partial charge >= 0.3 is 12.1 Å². The van der Waals surface area contributed by atoms with Crippen molar-refractivity contribution in [3.63, 3.8) is 0 Å². The first-order chi connectivity index (χ1) is 12.2. The second-order valence-electron chi connectivity index (χ2n) is 5.17. The molecule has 0 saturated carbocycles. The maximum atomic E-state index is 12.6. The van der Waals surface area contributed by atoms with E-state index in [-0.39, 0.29) is 35.2 Å². The number of nitrogens with zero attached hydrogens (tertiary/aromatic N) is 1. The predicted octanol–water partition coefficient (Wildman–Crippen LogP) is 5.13. The number of pyridine rings is 1.